The minimum Gasteiger partial charge on any atom is -0.462 e. The number of carbonyl (C=O) groups is 4. The van der Waals surface area contributed by atoms with Crippen LogP contribution in [0, 0.1) is 23.7 Å². The van der Waals surface area contributed by atoms with Crippen molar-refractivity contribution in [1.82, 2.24) is 0 Å². The van der Waals surface area contributed by atoms with Gasteiger partial charge in [-0.05, 0) is 49.4 Å². The molecule has 0 saturated carbocycles. The molecule has 0 radical (unpaired) electrons. The minimum atomic E-state index is -4.95. The Kier molecular flexibility index (Phi) is 55.7. The van der Waals surface area contributed by atoms with Crippen LogP contribution >= 0.6 is 15.6 Å². The number of hydrogen-bond acceptors (Lipinski definition) is 15. The summed E-state index contributed by atoms with van der Waals surface area (Å²) in [5, 5.41) is 10.6. The Bertz CT molecular complexity index is 1720. The van der Waals surface area contributed by atoms with Crippen LogP contribution in [-0.2, 0) is 65.4 Å². The molecule has 0 aliphatic carbocycles. The van der Waals surface area contributed by atoms with Crippen LogP contribution in [0.5, 0.6) is 0 Å². The molecule has 86 heavy (non-hydrogen) atoms. The fraction of sp³-hybridized carbons (Fsp3) is 0.940. The molecule has 6 atom stereocenters. The van der Waals surface area contributed by atoms with Crippen molar-refractivity contribution >= 4 is 39.5 Å². The van der Waals surface area contributed by atoms with Gasteiger partial charge in [0.15, 0.2) is 12.2 Å². The molecule has 3 unspecified atom stereocenters. The van der Waals surface area contributed by atoms with Crippen molar-refractivity contribution in [3.8, 4) is 0 Å². The van der Waals surface area contributed by atoms with Gasteiger partial charge in [0.05, 0.1) is 26.4 Å². The van der Waals surface area contributed by atoms with Crippen LogP contribution < -0.4 is 0 Å². The third-order valence-electron chi connectivity index (χ3n) is 15.7. The lowest BCUT2D eigenvalue weighted by Gasteiger charge is -2.21. The van der Waals surface area contributed by atoms with Gasteiger partial charge in [-0.15, -0.1) is 0 Å². The van der Waals surface area contributed by atoms with E-state index in [2.05, 4.69) is 55.4 Å². The van der Waals surface area contributed by atoms with E-state index in [1.807, 2.05) is 0 Å². The van der Waals surface area contributed by atoms with E-state index in [1.165, 1.54) is 122 Å². The van der Waals surface area contributed by atoms with E-state index in [0.29, 0.717) is 25.7 Å². The third kappa shape index (κ3) is 59.7. The molecule has 0 rings (SSSR count). The minimum absolute atomic E-state index is 0.103. The zero-order valence-electron chi connectivity index (χ0n) is 55.9. The van der Waals surface area contributed by atoms with E-state index in [-0.39, 0.29) is 25.7 Å². The quantitative estimate of drug-likeness (QED) is 0.0222. The number of rotatable bonds is 64. The number of aliphatic hydroxyl groups excluding tert-OH is 1. The molecule has 0 aromatic carbocycles. The molecule has 0 fully saturated rings. The predicted molar refractivity (Wildman–Crippen MR) is 344 cm³/mol. The number of phosphoric ester groups is 2. The van der Waals surface area contributed by atoms with Crippen LogP contribution in [0.3, 0.4) is 0 Å². The number of aliphatic hydroxyl groups is 1. The van der Waals surface area contributed by atoms with Crippen LogP contribution in [0.1, 0.15) is 325 Å². The van der Waals surface area contributed by atoms with Crippen molar-refractivity contribution < 1.29 is 80.2 Å². The number of hydrogen-bond donors (Lipinski definition) is 3. The highest BCUT2D eigenvalue weighted by Gasteiger charge is 2.30. The van der Waals surface area contributed by atoms with Gasteiger partial charge in [0.1, 0.15) is 19.3 Å². The number of carbonyl (C=O) groups excluding carboxylic acids is 4. The van der Waals surface area contributed by atoms with E-state index < -0.39 is 97.5 Å². The molecule has 19 heteroatoms. The molecule has 17 nitrogen and oxygen atoms in total. The van der Waals surface area contributed by atoms with Crippen LogP contribution in [0.15, 0.2) is 0 Å². The van der Waals surface area contributed by atoms with Gasteiger partial charge in [-0.1, -0.05) is 274 Å². The van der Waals surface area contributed by atoms with E-state index in [4.69, 9.17) is 37.0 Å². The highest BCUT2D eigenvalue weighted by Crippen LogP contribution is 2.45. The Morgan fingerprint density at radius 2 is 0.558 bits per heavy atom. The van der Waals surface area contributed by atoms with Gasteiger partial charge in [0, 0.05) is 25.7 Å². The Morgan fingerprint density at radius 1 is 0.326 bits per heavy atom. The van der Waals surface area contributed by atoms with Crippen LogP contribution in [0.4, 0.5) is 0 Å². The number of phosphoric acid groups is 2. The first-order valence-corrected chi connectivity index (χ1v) is 37.7. The second kappa shape index (κ2) is 57.0. The molecule has 0 aliphatic heterocycles. The van der Waals surface area contributed by atoms with Crippen molar-refractivity contribution in [2.45, 2.75) is 343 Å². The maximum Gasteiger partial charge on any atom is 0.472 e. The summed E-state index contributed by atoms with van der Waals surface area (Å²) in [5.74, 6) is 0.805. The van der Waals surface area contributed by atoms with Crippen molar-refractivity contribution in [2.75, 3.05) is 39.6 Å². The van der Waals surface area contributed by atoms with Gasteiger partial charge >= 0.3 is 39.5 Å². The van der Waals surface area contributed by atoms with Crippen LogP contribution in [0.2, 0.25) is 0 Å². The average Bonchev–Trinajstić information content (AvgIpc) is 3.66. The lowest BCUT2D eigenvalue weighted by Crippen LogP contribution is -2.30. The first-order chi connectivity index (χ1) is 41.1. The topological polar surface area (TPSA) is 237 Å². The van der Waals surface area contributed by atoms with Crippen molar-refractivity contribution in [3.05, 3.63) is 0 Å². The Hall–Kier alpha value is -1.94. The number of unbranched alkanes of at least 4 members (excludes halogenated alkanes) is 29. The first-order valence-electron chi connectivity index (χ1n) is 34.7. The van der Waals surface area contributed by atoms with Gasteiger partial charge in [-0.2, -0.15) is 0 Å². The average molecular weight is 1270 g/mol. The highest BCUT2D eigenvalue weighted by molar-refractivity contribution is 7.47. The fourth-order valence-electron chi connectivity index (χ4n) is 9.93. The summed E-state index contributed by atoms with van der Waals surface area (Å²) in [6, 6.07) is 0. The van der Waals surface area contributed by atoms with E-state index in [1.54, 1.807) is 0 Å². The zero-order chi connectivity index (χ0) is 63.9. The maximum atomic E-state index is 13.0. The Morgan fingerprint density at radius 3 is 0.826 bits per heavy atom. The largest absolute Gasteiger partial charge is 0.472 e. The molecule has 0 spiro atoms. The summed E-state index contributed by atoms with van der Waals surface area (Å²) < 4.78 is 68.1. The fourth-order valence-corrected chi connectivity index (χ4v) is 11.5. The second-order valence-electron chi connectivity index (χ2n) is 25.9. The van der Waals surface area contributed by atoms with E-state index >= 15 is 0 Å². The molecule has 510 valence electrons. The lowest BCUT2D eigenvalue weighted by molar-refractivity contribution is -0.161. The molecule has 0 saturated heterocycles. The van der Waals surface area contributed by atoms with E-state index in [0.717, 1.165) is 120 Å². The van der Waals surface area contributed by atoms with Gasteiger partial charge in [0.2, 0.25) is 0 Å². The standard InChI is InChI=1S/C67H130O17P2/c1-9-60(8)46-38-30-25-26-32-40-48-65(70)78-54-63(83-66(71)49-41-33-23-14-12-10-11-13-19-27-35-43-57(2)3)56-82-86(75,76)80-52-61(68)51-79-85(73,74)81-55-62(84-67(72)50-42-34-24-18-16-21-29-37-45-59(6)7)53-77-64(69)47-39-31-22-17-15-20-28-36-44-58(4)5/h57-63,68H,9-56H2,1-8H3,(H,73,74)(H,75,76)/t60?,61-,62-,63-/m1/s1. The molecule has 0 aliphatic rings. The SMILES string of the molecule is CCC(C)CCCCCCCCC(=O)OC[C@H](COP(=O)(O)OC[C@H](O)COP(=O)(O)OC[C@@H](COC(=O)CCCCCCCCCCC(C)C)OC(=O)CCCCCCCCCCC(C)C)OC(=O)CCCCCCCCCCCCCC(C)C. The Labute approximate surface area is 524 Å². The molecule has 3 N–H and O–H groups in total. The first kappa shape index (κ1) is 84.1. The monoisotopic (exact) mass is 1270 g/mol. The molecule has 0 aromatic heterocycles. The lowest BCUT2D eigenvalue weighted by atomic mass is 10.00. The summed E-state index contributed by atoms with van der Waals surface area (Å²) in [5.41, 5.74) is 0. The van der Waals surface area contributed by atoms with Gasteiger partial charge < -0.3 is 33.8 Å². The van der Waals surface area contributed by atoms with E-state index in [9.17, 15) is 43.2 Å². The van der Waals surface area contributed by atoms with Crippen molar-refractivity contribution in [2.24, 2.45) is 23.7 Å². The molecule has 0 aromatic rings. The normalized spacial score (nSPS) is 14.7. The van der Waals surface area contributed by atoms with Gasteiger partial charge in [-0.3, -0.25) is 37.3 Å². The summed E-state index contributed by atoms with van der Waals surface area (Å²) in [7, 11) is -9.90. The van der Waals surface area contributed by atoms with Gasteiger partial charge in [-0.25, -0.2) is 9.13 Å². The zero-order valence-corrected chi connectivity index (χ0v) is 57.7. The summed E-state index contributed by atoms with van der Waals surface area (Å²) >= 11 is 0. The molecular weight excluding hydrogens is 1140 g/mol. The summed E-state index contributed by atoms with van der Waals surface area (Å²) in [6.07, 6.45) is 37.6. The molecule has 0 bridgehead atoms. The maximum absolute atomic E-state index is 13.0. The van der Waals surface area contributed by atoms with Gasteiger partial charge in [0.25, 0.3) is 0 Å². The predicted octanol–water partition coefficient (Wildman–Crippen LogP) is 18.5. The smallest absolute Gasteiger partial charge is 0.462 e. The highest BCUT2D eigenvalue weighted by atomic mass is 31.2. The Balaban J connectivity index is 5.26. The third-order valence-corrected chi connectivity index (χ3v) is 17.6. The summed E-state index contributed by atoms with van der Waals surface area (Å²) in [6.45, 7) is 14.0. The number of ether oxygens (including phenoxy) is 4. The van der Waals surface area contributed by atoms with Crippen LogP contribution in [0.25, 0.3) is 0 Å². The van der Waals surface area contributed by atoms with Crippen molar-refractivity contribution in [1.29, 1.82) is 0 Å². The second-order valence-corrected chi connectivity index (χ2v) is 28.8. The van der Waals surface area contributed by atoms with Crippen molar-refractivity contribution in [3.63, 3.8) is 0 Å². The molecular formula is C67H130O17P2. The summed E-state index contributed by atoms with van der Waals surface area (Å²) in [4.78, 5) is 72.4. The molecule has 0 amide bonds. The number of esters is 4. The van der Waals surface area contributed by atoms with Crippen LogP contribution in [-0.4, -0.2) is 96.7 Å². The molecule has 0 heterocycles.